The van der Waals surface area contributed by atoms with E-state index in [1.807, 2.05) is 0 Å². The predicted molar refractivity (Wildman–Crippen MR) is 22.6 cm³/mol. The molecule has 0 aromatic carbocycles. The first kappa shape index (κ1) is 7.18. The summed E-state index contributed by atoms with van der Waals surface area (Å²) in [5.41, 5.74) is 5.94. The van der Waals surface area contributed by atoms with Gasteiger partial charge in [-0.2, -0.15) is 5.53 Å². The van der Waals surface area contributed by atoms with E-state index in [1.165, 1.54) is 4.72 Å². The van der Waals surface area contributed by atoms with Crippen LogP contribution in [0.4, 0.5) is 4.79 Å². The van der Waals surface area contributed by atoms with Crippen molar-refractivity contribution in [1.82, 2.24) is 4.72 Å². The Balaban J connectivity index is 3.55. The lowest BCUT2D eigenvalue weighted by atomic mass is 11.2. The Hall–Kier alpha value is -0.820. The van der Waals surface area contributed by atoms with E-state index in [0.717, 1.165) is 0 Å². The summed E-state index contributed by atoms with van der Waals surface area (Å²) in [7, 11) is 0. The molecule has 0 aliphatic carbocycles. The number of rotatable bonds is 1. The van der Waals surface area contributed by atoms with Gasteiger partial charge < -0.3 is 4.55 Å². The average molecular weight is 136 g/mol. The van der Waals surface area contributed by atoms with Crippen LogP contribution in [0, 0.1) is 5.53 Å². The van der Waals surface area contributed by atoms with E-state index in [-0.39, 0.29) is 0 Å². The molecule has 0 aliphatic heterocycles. The number of carbonyl (C=O) groups excluding carboxylic acids is 1. The van der Waals surface area contributed by atoms with Crippen molar-refractivity contribution in [2.45, 2.75) is 0 Å². The Bertz CT molecular complexity index is 132. The fourth-order valence-corrected chi connectivity index (χ4v) is 0.282. The number of hydrogen-bond acceptors (Lipinski definition) is 4. The lowest BCUT2D eigenvalue weighted by molar-refractivity contribution is 0.251. The molecule has 0 radical (unpaired) electrons. The van der Waals surface area contributed by atoms with Gasteiger partial charge in [0.15, 0.2) is 0 Å². The average Bonchev–Trinajstić information content (AvgIpc) is 1.65. The molecule has 7 heteroatoms. The maximum atomic E-state index is 9.76. The molecular formula is CH2N3O3S-. The van der Waals surface area contributed by atoms with E-state index >= 15 is 0 Å². The second kappa shape index (κ2) is 3.22. The second-order valence-electron chi connectivity index (χ2n) is 0.754. The van der Waals surface area contributed by atoms with Gasteiger partial charge in [-0.05, 0) is 0 Å². The van der Waals surface area contributed by atoms with Gasteiger partial charge >= 0.3 is 6.03 Å². The number of hydrogen-bond donors (Lipinski definition) is 2. The van der Waals surface area contributed by atoms with E-state index in [0.29, 0.717) is 0 Å². The third kappa shape index (κ3) is 3.37. The van der Waals surface area contributed by atoms with Crippen molar-refractivity contribution in [2.75, 3.05) is 0 Å². The van der Waals surface area contributed by atoms with E-state index in [1.54, 1.807) is 0 Å². The smallest absolute Gasteiger partial charge is 0.370 e. The van der Waals surface area contributed by atoms with Crippen molar-refractivity contribution in [3.8, 4) is 0 Å². The highest BCUT2D eigenvalue weighted by atomic mass is 32.2. The molecule has 0 bridgehead atoms. The zero-order valence-corrected chi connectivity index (χ0v) is 4.40. The topological polar surface area (TPSA) is 105 Å². The Morgan fingerprint density at radius 3 is 2.50 bits per heavy atom. The molecule has 0 aromatic rings. The summed E-state index contributed by atoms with van der Waals surface area (Å²) in [6.07, 6.45) is 0. The molecule has 0 saturated carbocycles. The molecule has 0 aromatic heterocycles. The third-order valence-corrected chi connectivity index (χ3v) is 0.613. The van der Waals surface area contributed by atoms with E-state index < -0.39 is 17.3 Å². The van der Waals surface area contributed by atoms with Gasteiger partial charge in [-0.15, -0.1) is 0 Å². The second-order valence-corrected chi connectivity index (χ2v) is 1.43. The van der Waals surface area contributed by atoms with E-state index in [9.17, 15) is 13.6 Å². The van der Waals surface area contributed by atoms with Crippen molar-refractivity contribution >= 4 is 17.3 Å². The van der Waals surface area contributed by atoms with Crippen LogP contribution in [0.1, 0.15) is 0 Å². The van der Waals surface area contributed by atoms with Gasteiger partial charge in [-0.3, -0.25) is 8.93 Å². The summed E-state index contributed by atoms with van der Waals surface area (Å²) in [6, 6.07) is -1.20. The number of carbonyl (C=O) groups is 1. The van der Waals surface area contributed by atoms with Crippen LogP contribution < -0.4 is 4.72 Å². The Labute approximate surface area is 47.2 Å². The molecule has 0 aliphatic rings. The van der Waals surface area contributed by atoms with Crippen molar-refractivity contribution in [2.24, 2.45) is 5.11 Å². The highest BCUT2D eigenvalue weighted by Gasteiger charge is 1.91. The zero-order valence-electron chi connectivity index (χ0n) is 3.58. The Kier molecular flexibility index (Phi) is 2.89. The Morgan fingerprint density at radius 1 is 1.88 bits per heavy atom. The highest BCUT2D eigenvalue weighted by Crippen LogP contribution is 1.70. The molecule has 0 heterocycles. The van der Waals surface area contributed by atoms with Crippen LogP contribution in [0.5, 0.6) is 0 Å². The van der Waals surface area contributed by atoms with Gasteiger partial charge in [0.2, 0.25) is 0 Å². The van der Waals surface area contributed by atoms with Crippen LogP contribution in [0.3, 0.4) is 0 Å². The predicted octanol–water partition coefficient (Wildman–Crippen LogP) is -0.479. The van der Waals surface area contributed by atoms with E-state index in [2.05, 4.69) is 5.11 Å². The first-order valence-corrected chi connectivity index (χ1v) is 2.51. The standard InChI is InChI=1S/CH3N3O3S/c2-3-1(5)4-8(6)7/h2H,(H,4,5)(H,6,7)/p-1. The van der Waals surface area contributed by atoms with Crippen molar-refractivity contribution in [1.29, 1.82) is 5.53 Å². The molecular weight excluding hydrogens is 134 g/mol. The van der Waals surface area contributed by atoms with Crippen LogP contribution in [-0.4, -0.2) is 14.8 Å². The molecule has 1 atom stereocenters. The SMILES string of the molecule is N=NC(=O)NS(=O)[O-]. The van der Waals surface area contributed by atoms with Crippen molar-refractivity contribution in [3.63, 3.8) is 0 Å². The molecule has 0 spiro atoms. The molecule has 2 N–H and O–H groups in total. The lowest BCUT2D eigenvalue weighted by Crippen LogP contribution is -2.20. The lowest BCUT2D eigenvalue weighted by Gasteiger charge is -2.00. The minimum absolute atomic E-state index is 1.20. The van der Waals surface area contributed by atoms with Gasteiger partial charge in [0.05, 0.1) is 0 Å². The first-order valence-electron chi connectivity index (χ1n) is 1.44. The van der Waals surface area contributed by atoms with Gasteiger partial charge in [-0.25, -0.2) is 4.79 Å². The quantitative estimate of drug-likeness (QED) is 0.375. The van der Waals surface area contributed by atoms with Gasteiger partial charge in [0.1, 0.15) is 0 Å². The van der Waals surface area contributed by atoms with Crippen LogP contribution in [0.15, 0.2) is 5.11 Å². The van der Waals surface area contributed by atoms with Gasteiger partial charge in [0.25, 0.3) is 0 Å². The number of nitrogens with zero attached hydrogens (tertiary/aromatic N) is 1. The Morgan fingerprint density at radius 2 is 2.38 bits per heavy atom. The summed E-state index contributed by atoms with van der Waals surface area (Å²) in [4.78, 5) is 9.76. The van der Waals surface area contributed by atoms with E-state index in [4.69, 9.17) is 5.53 Å². The maximum absolute atomic E-state index is 9.76. The normalized spacial score (nSPS) is 12.1. The van der Waals surface area contributed by atoms with Crippen LogP contribution in [0.25, 0.3) is 0 Å². The van der Waals surface area contributed by atoms with Gasteiger partial charge in [-0.1, -0.05) is 5.11 Å². The minimum atomic E-state index is -2.66. The molecule has 0 rings (SSSR count). The minimum Gasteiger partial charge on any atom is -0.755 e. The summed E-state index contributed by atoms with van der Waals surface area (Å²) in [5, 5.41) is 2.24. The number of nitrogens with one attached hydrogen (secondary N) is 2. The van der Waals surface area contributed by atoms with Gasteiger partial charge in [0, 0.05) is 11.3 Å². The monoisotopic (exact) mass is 136 g/mol. The molecule has 8 heavy (non-hydrogen) atoms. The number of urea groups is 1. The fourth-order valence-electron chi connectivity index (χ4n) is 0.0941. The third-order valence-electron chi connectivity index (χ3n) is 0.272. The first-order chi connectivity index (χ1) is 3.66. The molecule has 2 amide bonds. The fraction of sp³-hybridized carbons (Fsp3) is 0. The maximum Gasteiger partial charge on any atom is 0.370 e. The molecule has 0 saturated heterocycles. The largest absolute Gasteiger partial charge is 0.755 e. The number of amides is 2. The van der Waals surface area contributed by atoms with Crippen LogP contribution in [0.2, 0.25) is 0 Å². The van der Waals surface area contributed by atoms with Crippen molar-refractivity contribution in [3.05, 3.63) is 0 Å². The summed E-state index contributed by atoms with van der Waals surface area (Å²) < 4.78 is 20.3. The summed E-state index contributed by atoms with van der Waals surface area (Å²) >= 11 is -2.66. The summed E-state index contributed by atoms with van der Waals surface area (Å²) in [6.45, 7) is 0. The zero-order chi connectivity index (χ0) is 6.57. The summed E-state index contributed by atoms with van der Waals surface area (Å²) in [5.74, 6) is 0. The van der Waals surface area contributed by atoms with Crippen LogP contribution >= 0.6 is 0 Å². The molecule has 1 unspecified atom stereocenters. The van der Waals surface area contributed by atoms with Crippen molar-refractivity contribution < 1.29 is 13.6 Å². The van der Waals surface area contributed by atoms with Crippen LogP contribution in [-0.2, 0) is 11.3 Å². The molecule has 0 fully saturated rings. The molecule has 6 nitrogen and oxygen atoms in total. The molecule has 46 valence electrons. The highest BCUT2D eigenvalue weighted by molar-refractivity contribution is 7.77.